The summed E-state index contributed by atoms with van der Waals surface area (Å²) in [5.41, 5.74) is 0. The number of hydrogen-bond acceptors (Lipinski definition) is 3. The molecule has 56 valence electrons. The van der Waals surface area contributed by atoms with Gasteiger partial charge in [0, 0.05) is 6.54 Å². The average Bonchev–Trinajstić information content (AvgIpc) is 1.87. The van der Waals surface area contributed by atoms with Gasteiger partial charge in [-0.3, -0.25) is 0 Å². The van der Waals surface area contributed by atoms with E-state index in [-0.39, 0.29) is 0 Å². The lowest BCUT2D eigenvalue weighted by Crippen LogP contribution is -1.91. The van der Waals surface area contributed by atoms with Crippen LogP contribution in [0.15, 0.2) is 4.99 Å². The molecular weight excluding hydrogens is 162 g/mol. The molecule has 0 spiro atoms. The van der Waals surface area contributed by atoms with E-state index in [2.05, 4.69) is 22.4 Å². The fourth-order valence-electron chi connectivity index (χ4n) is 0.610. The van der Waals surface area contributed by atoms with Crippen LogP contribution in [0.2, 0.25) is 12.6 Å². The lowest BCUT2D eigenvalue weighted by Gasteiger charge is -1.90. The number of unbranched alkanes of at least 4 members (excludes halogenated alkanes) is 1. The van der Waals surface area contributed by atoms with Crippen LogP contribution in [0.25, 0.3) is 0 Å². The first-order valence-corrected chi connectivity index (χ1v) is 5.83. The van der Waals surface area contributed by atoms with Crippen LogP contribution in [-0.4, -0.2) is 20.4 Å². The van der Waals surface area contributed by atoms with Crippen LogP contribution in [0.3, 0.4) is 0 Å². The Morgan fingerprint density at radius 3 is 2.80 bits per heavy atom. The SMILES string of the molecule is C[Si](=O)CCCCN=C=S. The summed E-state index contributed by atoms with van der Waals surface area (Å²) in [6, 6.07) is 0.845. The predicted molar refractivity (Wildman–Crippen MR) is 46.2 cm³/mol. The second-order valence-electron chi connectivity index (χ2n) is 2.13. The van der Waals surface area contributed by atoms with Gasteiger partial charge in [0.05, 0.1) is 5.16 Å². The monoisotopic (exact) mass is 173 g/mol. The fourth-order valence-corrected chi connectivity index (χ4v) is 1.45. The molecular formula is C6H11NOSSi. The van der Waals surface area contributed by atoms with E-state index in [4.69, 9.17) is 0 Å². The third-order valence-electron chi connectivity index (χ3n) is 1.11. The molecule has 0 aliphatic carbocycles. The maximum Gasteiger partial charge on any atom is 0.273 e. The van der Waals surface area contributed by atoms with Crippen molar-refractivity contribution < 1.29 is 4.46 Å². The first kappa shape index (κ1) is 9.82. The zero-order valence-corrected chi connectivity index (χ0v) is 7.91. The van der Waals surface area contributed by atoms with Crippen LogP contribution in [-0.2, 0) is 4.46 Å². The number of isothiocyanates is 1. The molecule has 10 heavy (non-hydrogen) atoms. The van der Waals surface area contributed by atoms with Crippen LogP contribution >= 0.6 is 12.2 Å². The zero-order chi connectivity index (χ0) is 7.82. The van der Waals surface area contributed by atoms with E-state index < -0.39 is 8.68 Å². The lowest BCUT2D eigenvalue weighted by molar-refractivity contribution is 0.560. The minimum atomic E-state index is -1.26. The predicted octanol–water partition coefficient (Wildman–Crippen LogP) is 1.92. The molecule has 4 heteroatoms. The fraction of sp³-hybridized carbons (Fsp3) is 0.833. The highest BCUT2D eigenvalue weighted by Gasteiger charge is 1.94. The Balaban J connectivity index is 3.05. The van der Waals surface area contributed by atoms with Crippen molar-refractivity contribution in [3.05, 3.63) is 0 Å². The Kier molecular flexibility index (Phi) is 6.80. The molecule has 0 aliphatic rings. The van der Waals surface area contributed by atoms with E-state index in [1.54, 1.807) is 6.55 Å². The Hall–Kier alpha value is -0.183. The van der Waals surface area contributed by atoms with Crippen molar-refractivity contribution in [2.45, 2.75) is 25.4 Å². The van der Waals surface area contributed by atoms with E-state index in [1.165, 1.54) is 0 Å². The first-order valence-electron chi connectivity index (χ1n) is 3.30. The van der Waals surface area contributed by atoms with Gasteiger partial charge < -0.3 is 4.46 Å². The standard InChI is InChI=1S/C6H11NOSSi/c1-10(8)5-3-2-4-7-6-9/h2-5H2,1H3. The van der Waals surface area contributed by atoms with Gasteiger partial charge in [0.1, 0.15) is 0 Å². The maximum atomic E-state index is 10.6. The second-order valence-corrected chi connectivity index (χ2v) is 4.22. The van der Waals surface area contributed by atoms with E-state index in [9.17, 15) is 4.46 Å². The zero-order valence-electron chi connectivity index (χ0n) is 6.09. The summed E-state index contributed by atoms with van der Waals surface area (Å²) in [6.45, 7) is 2.52. The van der Waals surface area contributed by atoms with Crippen LogP contribution < -0.4 is 0 Å². The van der Waals surface area contributed by atoms with Crippen molar-refractivity contribution in [2.75, 3.05) is 6.54 Å². The molecule has 0 fully saturated rings. The van der Waals surface area contributed by atoms with E-state index in [1.807, 2.05) is 0 Å². The smallest absolute Gasteiger partial charge is 0.273 e. The van der Waals surface area contributed by atoms with Crippen LogP contribution in [0, 0.1) is 0 Å². The highest BCUT2D eigenvalue weighted by atomic mass is 32.1. The Labute approximate surface area is 68.0 Å². The Morgan fingerprint density at radius 2 is 2.30 bits per heavy atom. The number of hydrogen-bond donors (Lipinski definition) is 0. The summed E-state index contributed by atoms with van der Waals surface area (Å²) in [5.74, 6) is 0. The molecule has 2 nitrogen and oxygen atoms in total. The van der Waals surface area contributed by atoms with Crippen LogP contribution in [0.5, 0.6) is 0 Å². The van der Waals surface area contributed by atoms with Crippen LogP contribution in [0.1, 0.15) is 12.8 Å². The molecule has 0 N–H and O–H groups in total. The van der Waals surface area contributed by atoms with Crippen LogP contribution in [0.4, 0.5) is 0 Å². The minimum absolute atomic E-state index is 0.735. The molecule has 0 bridgehead atoms. The molecule has 0 heterocycles. The summed E-state index contributed by atoms with van der Waals surface area (Å²) in [7, 11) is -1.26. The van der Waals surface area contributed by atoms with Gasteiger partial charge in [0.15, 0.2) is 0 Å². The molecule has 0 rings (SSSR count). The molecule has 0 aromatic rings. The molecule has 0 aromatic carbocycles. The Bertz CT molecular complexity index is 150. The molecule has 0 atom stereocenters. The van der Waals surface area contributed by atoms with Crippen molar-refractivity contribution >= 4 is 26.1 Å². The van der Waals surface area contributed by atoms with E-state index in [0.717, 1.165) is 25.4 Å². The number of rotatable bonds is 5. The van der Waals surface area contributed by atoms with Gasteiger partial charge in [-0.1, -0.05) is 0 Å². The number of thiocarbonyl (C=S) groups is 1. The van der Waals surface area contributed by atoms with Gasteiger partial charge in [-0.25, -0.2) is 4.99 Å². The topological polar surface area (TPSA) is 29.4 Å². The molecule has 0 radical (unpaired) electrons. The molecule has 0 aromatic heterocycles. The molecule has 0 unspecified atom stereocenters. The van der Waals surface area contributed by atoms with Gasteiger partial charge >= 0.3 is 0 Å². The minimum Gasteiger partial charge on any atom is -0.389 e. The molecule has 0 aliphatic heterocycles. The summed E-state index contributed by atoms with van der Waals surface area (Å²) < 4.78 is 10.6. The number of nitrogens with zero attached hydrogens (tertiary/aromatic N) is 1. The van der Waals surface area contributed by atoms with Crippen molar-refractivity contribution in [1.82, 2.24) is 0 Å². The summed E-state index contributed by atoms with van der Waals surface area (Å²) >= 11 is 4.38. The third kappa shape index (κ3) is 7.82. The molecule has 0 saturated heterocycles. The summed E-state index contributed by atoms with van der Waals surface area (Å²) in [4.78, 5) is 3.74. The van der Waals surface area contributed by atoms with Gasteiger partial charge in [0.2, 0.25) is 0 Å². The van der Waals surface area contributed by atoms with Crippen molar-refractivity contribution in [1.29, 1.82) is 0 Å². The maximum absolute atomic E-state index is 10.6. The van der Waals surface area contributed by atoms with E-state index in [0.29, 0.717) is 0 Å². The van der Waals surface area contributed by atoms with Gasteiger partial charge in [-0.15, -0.1) is 0 Å². The molecule has 0 saturated carbocycles. The molecule has 0 amide bonds. The van der Waals surface area contributed by atoms with E-state index >= 15 is 0 Å². The quantitative estimate of drug-likeness (QED) is 0.275. The van der Waals surface area contributed by atoms with Crippen molar-refractivity contribution in [2.24, 2.45) is 4.99 Å². The average molecular weight is 173 g/mol. The van der Waals surface area contributed by atoms with Gasteiger partial charge in [-0.2, -0.15) is 0 Å². The number of aliphatic imine (C=N–C) groups is 1. The first-order chi connectivity index (χ1) is 4.77. The highest BCUT2D eigenvalue weighted by Crippen LogP contribution is 1.96. The lowest BCUT2D eigenvalue weighted by atomic mass is 10.3. The summed E-state index contributed by atoms with van der Waals surface area (Å²) in [5, 5.41) is 2.29. The third-order valence-corrected chi connectivity index (χ3v) is 2.30. The van der Waals surface area contributed by atoms with Gasteiger partial charge in [0.25, 0.3) is 8.68 Å². The largest absolute Gasteiger partial charge is 0.389 e. The summed E-state index contributed by atoms with van der Waals surface area (Å²) in [6.07, 6.45) is 1.97. The van der Waals surface area contributed by atoms with Crippen molar-refractivity contribution in [3.8, 4) is 0 Å². The highest BCUT2D eigenvalue weighted by molar-refractivity contribution is 7.78. The Morgan fingerprint density at radius 1 is 1.60 bits per heavy atom. The van der Waals surface area contributed by atoms with Crippen molar-refractivity contribution in [3.63, 3.8) is 0 Å². The second kappa shape index (κ2) is 6.93. The van der Waals surface area contributed by atoms with Gasteiger partial charge in [-0.05, 0) is 37.7 Å². The normalized spacial score (nSPS) is 8.50.